The maximum absolute atomic E-state index is 11.3. The number of nitrogens with two attached hydrogens (primary N) is 1. The summed E-state index contributed by atoms with van der Waals surface area (Å²) in [5.41, 5.74) is 8.46. The lowest BCUT2D eigenvalue weighted by Crippen LogP contribution is -2.06. The highest BCUT2D eigenvalue weighted by Crippen LogP contribution is 2.29. The van der Waals surface area contributed by atoms with Gasteiger partial charge in [-0.25, -0.2) is 4.79 Å². The number of carboxylic acids is 1. The van der Waals surface area contributed by atoms with E-state index in [-0.39, 0.29) is 5.56 Å². The Bertz CT molecular complexity index is 565. The van der Waals surface area contributed by atoms with Crippen LogP contribution in [0.2, 0.25) is 0 Å². The van der Waals surface area contributed by atoms with Crippen LogP contribution >= 0.6 is 0 Å². The minimum Gasteiger partial charge on any atom is -0.478 e. The lowest BCUT2D eigenvalue weighted by Gasteiger charge is -2.11. The molecule has 1 heterocycles. The molecular formula is C13H12N2O2. The summed E-state index contributed by atoms with van der Waals surface area (Å²) in [7, 11) is 0. The molecule has 0 saturated heterocycles. The van der Waals surface area contributed by atoms with Crippen molar-refractivity contribution in [1.82, 2.24) is 4.98 Å². The fourth-order valence-corrected chi connectivity index (χ4v) is 1.73. The number of aryl methyl sites for hydroxylation is 1. The van der Waals surface area contributed by atoms with Gasteiger partial charge < -0.3 is 10.8 Å². The highest BCUT2D eigenvalue weighted by atomic mass is 16.4. The van der Waals surface area contributed by atoms with Gasteiger partial charge >= 0.3 is 5.97 Å². The van der Waals surface area contributed by atoms with Crippen molar-refractivity contribution < 1.29 is 9.90 Å². The first-order valence-corrected chi connectivity index (χ1v) is 5.14. The molecule has 1 aromatic carbocycles. The zero-order valence-electron chi connectivity index (χ0n) is 9.34. The molecule has 0 bridgehead atoms. The molecule has 86 valence electrons. The Balaban J connectivity index is 2.71. The first-order chi connectivity index (χ1) is 8.11. The molecule has 0 spiro atoms. The molecule has 4 nitrogen and oxygen atoms in total. The minimum atomic E-state index is -1.02. The van der Waals surface area contributed by atoms with E-state index in [1.807, 2.05) is 6.07 Å². The molecule has 0 aliphatic rings. The van der Waals surface area contributed by atoms with E-state index in [4.69, 9.17) is 5.73 Å². The summed E-state index contributed by atoms with van der Waals surface area (Å²) >= 11 is 0. The van der Waals surface area contributed by atoms with Crippen LogP contribution in [0.15, 0.2) is 36.7 Å². The number of carbonyl (C=O) groups is 1. The van der Waals surface area contributed by atoms with E-state index in [0.717, 1.165) is 11.1 Å². The van der Waals surface area contributed by atoms with Crippen LogP contribution in [0.25, 0.3) is 11.1 Å². The number of nitrogen functional groups attached to an aromatic ring is 1. The van der Waals surface area contributed by atoms with Gasteiger partial charge in [-0.05, 0) is 35.7 Å². The van der Waals surface area contributed by atoms with E-state index in [2.05, 4.69) is 4.98 Å². The Labute approximate surface area is 98.7 Å². The van der Waals surface area contributed by atoms with Gasteiger partial charge in [0.1, 0.15) is 0 Å². The molecule has 17 heavy (non-hydrogen) atoms. The van der Waals surface area contributed by atoms with Gasteiger partial charge in [-0.1, -0.05) is 12.1 Å². The number of aromatic carboxylic acids is 1. The van der Waals surface area contributed by atoms with E-state index >= 15 is 0 Å². The summed E-state index contributed by atoms with van der Waals surface area (Å²) in [6.07, 6.45) is 3.24. The van der Waals surface area contributed by atoms with E-state index < -0.39 is 5.97 Å². The molecule has 1 aromatic heterocycles. The number of rotatable bonds is 2. The van der Waals surface area contributed by atoms with Crippen LogP contribution < -0.4 is 5.73 Å². The predicted octanol–water partition coefficient (Wildman–Crippen LogP) is 2.34. The summed E-state index contributed by atoms with van der Waals surface area (Å²) in [5.74, 6) is -1.02. The zero-order chi connectivity index (χ0) is 12.4. The summed E-state index contributed by atoms with van der Waals surface area (Å²) < 4.78 is 0. The molecule has 2 aromatic rings. The van der Waals surface area contributed by atoms with Crippen molar-refractivity contribution in [3.8, 4) is 11.1 Å². The highest BCUT2D eigenvalue weighted by molar-refractivity contribution is 6.01. The first-order valence-electron chi connectivity index (χ1n) is 5.14. The number of aromatic nitrogens is 1. The molecule has 0 radical (unpaired) electrons. The highest BCUT2D eigenvalue weighted by Gasteiger charge is 2.16. The van der Waals surface area contributed by atoms with Gasteiger partial charge in [0.2, 0.25) is 0 Å². The third kappa shape index (κ3) is 1.97. The largest absolute Gasteiger partial charge is 0.478 e. The van der Waals surface area contributed by atoms with Crippen LogP contribution in [0.3, 0.4) is 0 Å². The van der Waals surface area contributed by atoms with Crippen molar-refractivity contribution in [2.24, 2.45) is 0 Å². The van der Waals surface area contributed by atoms with Crippen molar-refractivity contribution in [1.29, 1.82) is 0 Å². The van der Waals surface area contributed by atoms with E-state index in [1.165, 1.54) is 0 Å². The van der Waals surface area contributed by atoms with Crippen molar-refractivity contribution in [2.75, 3.05) is 5.73 Å². The number of hydrogen-bond acceptors (Lipinski definition) is 3. The predicted molar refractivity (Wildman–Crippen MR) is 65.8 cm³/mol. The fraction of sp³-hybridized carbons (Fsp3) is 0.0769. The molecular weight excluding hydrogens is 216 g/mol. The standard InChI is InChI=1S/C13H12N2O2/c1-8-2-3-10(9-4-6-15-7-5-9)11(12(8)14)13(16)17/h2-7H,14H2,1H3,(H,16,17). The topological polar surface area (TPSA) is 76.2 Å². The van der Waals surface area contributed by atoms with E-state index in [0.29, 0.717) is 11.3 Å². The lowest BCUT2D eigenvalue weighted by atomic mass is 9.96. The molecule has 3 N–H and O–H groups in total. The van der Waals surface area contributed by atoms with Crippen molar-refractivity contribution in [3.63, 3.8) is 0 Å². The van der Waals surface area contributed by atoms with Crippen LogP contribution in [0.5, 0.6) is 0 Å². The lowest BCUT2D eigenvalue weighted by molar-refractivity contribution is 0.0699. The van der Waals surface area contributed by atoms with Crippen molar-refractivity contribution in [2.45, 2.75) is 6.92 Å². The number of pyridine rings is 1. The number of carboxylic acid groups (broad SMARTS) is 1. The molecule has 0 atom stereocenters. The van der Waals surface area contributed by atoms with Crippen molar-refractivity contribution in [3.05, 3.63) is 47.8 Å². The monoisotopic (exact) mass is 228 g/mol. The van der Waals surface area contributed by atoms with Gasteiger partial charge in [-0.2, -0.15) is 0 Å². The van der Waals surface area contributed by atoms with Gasteiger partial charge in [0.15, 0.2) is 0 Å². The smallest absolute Gasteiger partial charge is 0.338 e. The second kappa shape index (κ2) is 4.25. The molecule has 0 aliphatic carbocycles. The number of anilines is 1. The number of hydrogen-bond donors (Lipinski definition) is 2. The molecule has 0 unspecified atom stereocenters. The average Bonchev–Trinajstić information content (AvgIpc) is 2.33. The summed E-state index contributed by atoms with van der Waals surface area (Å²) in [4.78, 5) is 15.2. The second-order valence-corrected chi connectivity index (χ2v) is 3.76. The number of nitrogens with zero attached hydrogens (tertiary/aromatic N) is 1. The van der Waals surface area contributed by atoms with E-state index in [1.54, 1.807) is 37.5 Å². The maximum atomic E-state index is 11.3. The second-order valence-electron chi connectivity index (χ2n) is 3.76. The Kier molecular flexibility index (Phi) is 2.78. The molecule has 2 rings (SSSR count). The zero-order valence-corrected chi connectivity index (χ0v) is 9.34. The van der Waals surface area contributed by atoms with Crippen LogP contribution in [0.1, 0.15) is 15.9 Å². The Morgan fingerprint density at radius 3 is 2.47 bits per heavy atom. The van der Waals surface area contributed by atoms with Crippen LogP contribution in [-0.4, -0.2) is 16.1 Å². The number of benzene rings is 1. The molecule has 0 fully saturated rings. The average molecular weight is 228 g/mol. The minimum absolute atomic E-state index is 0.149. The summed E-state index contributed by atoms with van der Waals surface area (Å²) in [6.45, 7) is 1.79. The van der Waals surface area contributed by atoms with Gasteiger partial charge in [0.25, 0.3) is 0 Å². The SMILES string of the molecule is Cc1ccc(-c2ccncc2)c(C(=O)O)c1N. The first kappa shape index (κ1) is 11.1. The fourth-order valence-electron chi connectivity index (χ4n) is 1.73. The molecule has 0 aliphatic heterocycles. The molecule has 4 heteroatoms. The van der Waals surface area contributed by atoms with Gasteiger partial charge in [0.05, 0.1) is 5.56 Å². The Morgan fingerprint density at radius 1 is 1.24 bits per heavy atom. The molecule has 0 amide bonds. The quantitative estimate of drug-likeness (QED) is 0.773. The summed E-state index contributed by atoms with van der Waals surface area (Å²) in [5, 5.41) is 9.24. The maximum Gasteiger partial charge on any atom is 0.338 e. The summed E-state index contributed by atoms with van der Waals surface area (Å²) in [6, 6.07) is 7.11. The van der Waals surface area contributed by atoms with Crippen LogP contribution in [0.4, 0.5) is 5.69 Å². The van der Waals surface area contributed by atoms with Gasteiger partial charge in [-0.15, -0.1) is 0 Å². The third-order valence-electron chi connectivity index (χ3n) is 2.67. The Morgan fingerprint density at radius 2 is 1.88 bits per heavy atom. The molecule has 0 saturated carbocycles. The van der Waals surface area contributed by atoms with E-state index in [9.17, 15) is 9.90 Å². The Hall–Kier alpha value is -2.36. The van der Waals surface area contributed by atoms with Crippen LogP contribution in [0, 0.1) is 6.92 Å². The normalized spacial score (nSPS) is 10.2. The van der Waals surface area contributed by atoms with Crippen molar-refractivity contribution >= 4 is 11.7 Å². The van der Waals surface area contributed by atoms with Gasteiger partial charge in [-0.3, -0.25) is 4.98 Å². The van der Waals surface area contributed by atoms with Crippen LogP contribution in [-0.2, 0) is 0 Å². The third-order valence-corrected chi connectivity index (χ3v) is 2.67. The van der Waals surface area contributed by atoms with Gasteiger partial charge in [0, 0.05) is 18.1 Å².